The average Bonchev–Trinajstić information content (AvgIpc) is 2.35. The van der Waals surface area contributed by atoms with Gasteiger partial charge < -0.3 is 11.1 Å². The molecule has 0 saturated carbocycles. The molecule has 3 N–H and O–H groups in total. The monoisotopic (exact) mass is 232 g/mol. The third kappa shape index (κ3) is 3.54. The minimum Gasteiger partial charge on any atom is -0.346 e. The first-order valence-corrected chi connectivity index (χ1v) is 5.45. The number of nitrogens with zero attached hydrogens (tertiary/aromatic N) is 2. The van der Waals surface area contributed by atoms with E-state index in [1.165, 1.54) is 12.3 Å². The number of amides is 1. The highest BCUT2D eigenvalue weighted by molar-refractivity contribution is 5.92. The molecule has 0 bridgehead atoms. The molecular formula is C12H16N4O. The molecule has 0 aliphatic heterocycles. The lowest BCUT2D eigenvalue weighted by atomic mass is 10.0. The first-order chi connectivity index (χ1) is 8.08. The number of aromatic nitrogens is 1. The van der Waals surface area contributed by atoms with Gasteiger partial charge in [0.25, 0.3) is 5.91 Å². The summed E-state index contributed by atoms with van der Waals surface area (Å²) in [5.74, 6) is 0.000900. The lowest BCUT2D eigenvalue weighted by molar-refractivity contribution is 0.0922. The largest absolute Gasteiger partial charge is 0.346 e. The molecule has 1 atom stereocenters. The second-order valence-corrected chi connectivity index (χ2v) is 4.10. The second-order valence-electron chi connectivity index (χ2n) is 4.10. The topological polar surface area (TPSA) is 91.8 Å². The van der Waals surface area contributed by atoms with Crippen LogP contribution in [0.5, 0.6) is 0 Å². The summed E-state index contributed by atoms with van der Waals surface area (Å²) in [6, 6.07) is 4.97. The van der Waals surface area contributed by atoms with Crippen LogP contribution >= 0.6 is 0 Å². The van der Waals surface area contributed by atoms with Crippen molar-refractivity contribution in [3.05, 3.63) is 29.6 Å². The third-order valence-corrected chi connectivity index (χ3v) is 2.50. The molecule has 0 saturated heterocycles. The Balaban J connectivity index is 2.73. The average molecular weight is 232 g/mol. The summed E-state index contributed by atoms with van der Waals surface area (Å²) in [5.41, 5.74) is 6.29. The molecule has 0 spiro atoms. The van der Waals surface area contributed by atoms with Crippen molar-refractivity contribution in [3.63, 3.8) is 0 Å². The molecule has 0 aliphatic carbocycles. The molecule has 1 heterocycles. The molecule has 0 aliphatic rings. The van der Waals surface area contributed by atoms with Crippen molar-refractivity contribution in [1.82, 2.24) is 10.3 Å². The van der Waals surface area contributed by atoms with Crippen LogP contribution in [0.2, 0.25) is 0 Å². The molecule has 0 aromatic carbocycles. The number of rotatable bonds is 4. The van der Waals surface area contributed by atoms with Crippen molar-refractivity contribution in [2.75, 3.05) is 6.54 Å². The highest BCUT2D eigenvalue weighted by Gasteiger charge is 2.16. The zero-order valence-corrected chi connectivity index (χ0v) is 9.97. The molecule has 1 amide bonds. The van der Waals surface area contributed by atoms with Crippen LogP contribution in [-0.2, 0) is 0 Å². The highest BCUT2D eigenvalue weighted by atomic mass is 16.1. The van der Waals surface area contributed by atoms with E-state index in [9.17, 15) is 4.79 Å². The number of hydrogen-bond donors (Lipinski definition) is 2. The summed E-state index contributed by atoms with van der Waals surface area (Å²) in [5, 5.41) is 11.4. The Morgan fingerprint density at radius 2 is 2.29 bits per heavy atom. The van der Waals surface area contributed by atoms with E-state index in [0.29, 0.717) is 17.8 Å². The molecule has 1 rings (SSSR count). The van der Waals surface area contributed by atoms with E-state index in [4.69, 9.17) is 11.0 Å². The molecule has 0 radical (unpaired) electrons. The van der Waals surface area contributed by atoms with Gasteiger partial charge in [-0.1, -0.05) is 13.8 Å². The predicted molar refractivity (Wildman–Crippen MR) is 64.1 cm³/mol. The molecule has 1 aromatic rings. The van der Waals surface area contributed by atoms with Crippen LogP contribution in [0.15, 0.2) is 18.3 Å². The maximum atomic E-state index is 11.8. The maximum absolute atomic E-state index is 11.8. The lowest BCUT2D eigenvalue weighted by Gasteiger charge is -2.20. The van der Waals surface area contributed by atoms with E-state index in [-0.39, 0.29) is 17.9 Å². The summed E-state index contributed by atoms with van der Waals surface area (Å²) in [6.07, 6.45) is 1.38. The number of nitriles is 1. The van der Waals surface area contributed by atoms with Crippen molar-refractivity contribution in [1.29, 1.82) is 5.26 Å². The quantitative estimate of drug-likeness (QED) is 0.798. The van der Waals surface area contributed by atoms with Gasteiger partial charge in [-0.25, -0.2) is 4.98 Å². The van der Waals surface area contributed by atoms with Crippen LogP contribution in [0.4, 0.5) is 0 Å². The molecule has 0 fully saturated rings. The van der Waals surface area contributed by atoms with Crippen LogP contribution < -0.4 is 11.1 Å². The molecular weight excluding hydrogens is 216 g/mol. The van der Waals surface area contributed by atoms with E-state index >= 15 is 0 Å². The first-order valence-electron chi connectivity index (χ1n) is 5.45. The summed E-state index contributed by atoms with van der Waals surface area (Å²) in [4.78, 5) is 15.7. The fraction of sp³-hybridized carbons (Fsp3) is 0.417. The smallest absolute Gasteiger partial charge is 0.270 e. The summed E-state index contributed by atoms with van der Waals surface area (Å²) < 4.78 is 0. The first kappa shape index (κ1) is 13.1. The number of nitrogens with one attached hydrogen (secondary N) is 1. The summed E-state index contributed by atoms with van der Waals surface area (Å²) in [7, 11) is 0. The Hall–Kier alpha value is -1.93. The molecule has 17 heavy (non-hydrogen) atoms. The fourth-order valence-electron chi connectivity index (χ4n) is 1.33. The summed E-state index contributed by atoms with van der Waals surface area (Å²) >= 11 is 0. The molecule has 5 nitrogen and oxygen atoms in total. The van der Waals surface area contributed by atoms with Crippen molar-refractivity contribution in [2.24, 2.45) is 11.7 Å². The third-order valence-electron chi connectivity index (χ3n) is 2.50. The van der Waals surface area contributed by atoms with Gasteiger partial charge in [0, 0.05) is 18.8 Å². The number of hydrogen-bond acceptors (Lipinski definition) is 4. The Labute approximate surface area is 101 Å². The maximum Gasteiger partial charge on any atom is 0.270 e. The molecule has 5 heteroatoms. The molecule has 1 aromatic heterocycles. The van der Waals surface area contributed by atoms with E-state index in [2.05, 4.69) is 10.3 Å². The Kier molecular flexibility index (Phi) is 4.61. The fourth-order valence-corrected chi connectivity index (χ4v) is 1.33. The van der Waals surface area contributed by atoms with Crippen LogP contribution in [0, 0.1) is 17.2 Å². The Bertz CT molecular complexity index is 419. The van der Waals surface area contributed by atoms with E-state index in [1.54, 1.807) is 6.07 Å². The van der Waals surface area contributed by atoms with Crippen molar-refractivity contribution < 1.29 is 4.79 Å². The van der Waals surface area contributed by atoms with Crippen LogP contribution in [-0.4, -0.2) is 23.5 Å². The number of carbonyl (C=O) groups is 1. The zero-order valence-electron chi connectivity index (χ0n) is 9.97. The Morgan fingerprint density at radius 3 is 2.71 bits per heavy atom. The minimum absolute atomic E-state index is 0.0695. The van der Waals surface area contributed by atoms with Gasteiger partial charge in [-0.15, -0.1) is 0 Å². The number of carbonyl (C=O) groups excluding carboxylic acids is 1. The van der Waals surface area contributed by atoms with Crippen LogP contribution in [0.3, 0.4) is 0 Å². The highest BCUT2D eigenvalue weighted by Crippen LogP contribution is 2.03. The van der Waals surface area contributed by atoms with Gasteiger partial charge in [0.05, 0.1) is 5.56 Å². The molecule has 90 valence electrons. The van der Waals surface area contributed by atoms with Crippen molar-refractivity contribution in [2.45, 2.75) is 19.9 Å². The molecule has 1 unspecified atom stereocenters. The zero-order chi connectivity index (χ0) is 12.8. The van der Waals surface area contributed by atoms with Gasteiger partial charge in [-0.05, 0) is 18.1 Å². The van der Waals surface area contributed by atoms with Crippen molar-refractivity contribution >= 4 is 5.91 Å². The van der Waals surface area contributed by atoms with Gasteiger partial charge in [0.1, 0.15) is 11.8 Å². The SMILES string of the molecule is CC(C)C(CN)NC(=O)c1ccc(C#N)cn1. The normalized spacial score (nSPS) is 11.9. The minimum atomic E-state index is -0.265. The lowest BCUT2D eigenvalue weighted by Crippen LogP contribution is -2.43. The van der Waals surface area contributed by atoms with Crippen molar-refractivity contribution in [3.8, 4) is 6.07 Å². The second kappa shape index (κ2) is 5.97. The van der Waals surface area contributed by atoms with E-state index < -0.39 is 0 Å². The van der Waals surface area contributed by atoms with Crippen LogP contribution in [0.1, 0.15) is 29.9 Å². The van der Waals surface area contributed by atoms with E-state index in [1.807, 2.05) is 19.9 Å². The number of pyridine rings is 1. The standard InChI is InChI=1S/C12H16N4O/c1-8(2)11(6-14)16-12(17)10-4-3-9(5-13)7-15-10/h3-4,7-8,11H,6,14H2,1-2H3,(H,16,17). The van der Waals surface area contributed by atoms with E-state index in [0.717, 1.165) is 0 Å². The van der Waals surface area contributed by atoms with Gasteiger partial charge in [-0.2, -0.15) is 5.26 Å². The van der Waals surface area contributed by atoms with Gasteiger partial charge in [0.2, 0.25) is 0 Å². The van der Waals surface area contributed by atoms with Gasteiger partial charge >= 0.3 is 0 Å². The summed E-state index contributed by atoms with van der Waals surface area (Å²) in [6.45, 7) is 4.37. The number of nitrogens with two attached hydrogens (primary N) is 1. The Morgan fingerprint density at radius 1 is 1.59 bits per heavy atom. The van der Waals surface area contributed by atoms with Gasteiger partial charge in [0.15, 0.2) is 0 Å². The predicted octanol–water partition coefficient (Wildman–Crippen LogP) is 0.666. The van der Waals surface area contributed by atoms with Gasteiger partial charge in [-0.3, -0.25) is 4.79 Å². The van der Waals surface area contributed by atoms with Crippen LogP contribution in [0.25, 0.3) is 0 Å².